The minimum absolute atomic E-state index is 0.681. The van der Waals surface area contributed by atoms with Crippen LogP contribution in [0.1, 0.15) is 5.69 Å². The molecular weight excluding hydrogens is 178 g/mol. The lowest BCUT2D eigenvalue weighted by Gasteiger charge is -2.09. The average molecular weight is 189 g/mol. The first-order chi connectivity index (χ1) is 5.44. The normalized spacial score (nSPS) is 12.3. The first-order valence-corrected chi connectivity index (χ1v) is 4.79. The molecule has 0 aliphatic rings. The van der Waals surface area contributed by atoms with Gasteiger partial charge >= 0.3 is 10.2 Å². The predicted molar refractivity (Wildman–Crippen MR) is 45.0 cm³/mol. The Morgan fingerprint density at radius 3 is 2.42 bits per heavy atom. The number of aryl methyl sites for hydroxylation is 1. The number of rotatable bonds is 2. The van der Waals surface area contributed by atoms with Crippen LogP contribution in [0, 0.1) is 6.92 Å². The van der Waals surface area contributed by atoms with Gasteiger partial charge in [-0.1, -0.05) is 0 Å². The minimum Gasteiger partial charge on any atom is -0.189 e. The molecule has 0 saturated heterocycles. The highest BCUT2D eigenvalue weighted by atomic mass is 32.2. The van der Waals surface area contributed by atoms with Crippen LogP contribution in [-0.4, -0.2) is 36.0 Å². The lowest BCUT2D eigenvalue weighted by atomic mass is 10.5. The van der Waals surface area contributed by atoms with Crippen molar-refractivity contribution < 1.29 is 8.42 Å². The number of nitrogens with zero attached hydrogens (tertiary/aromatic N) is 3. The fourth-order valence-electron chi connectivity index (χ4n) is 0.690. The fraction of sp³-hybridized carbons (Fsp3) is 0.500. The number of aromatic nitrogens is 2. The van der Waals surface area contributed by atoms with Crippen molar-refractivity contribution in [3.63, 3.8) is 0 Å². The molecular formula is C6H11N3O2S. The van der Waals surface area contributed by atoms with E-state index in [0.29, 0.717) is 5.69 Å². The number of hydrogen-bond donors (Lipinski definition) is 0. The Hall–Kier alpha value is -0.880. The summed E-state index contributed by atoms with van der Waals surface area (Å²) in [6.45, 7) is 1.74. The smallest absolute Gasteiger partial charge is 0.189 e. The van der Waals surface area contributed by atoms with E-state index in [4.69, 9.17) is 0 Å². The molecule has 0 spiro atoms. The van der Waals surface area contributed by atoms with Crippen LogP contribution in [0.2, 0.25) is 0 Å². The SMILES string of the molecule is Cc1ccn(S(=O)(=O)N(C)C)n1. The molecule has 1 aromatic rings. The van der Waals surface area contributed by atoms with E-state index >= 15 is 0 Å². The van der Waals surface area contributed by atoms with Gasteiger partial charge in [0, 0.05) is 20.3 Å². The van der Waals surface area contributed by atoms with Gasteiger partial charge in [0.1, 0.15) is 0 Å². The van der Waals surface area contributed by atoms with Crippen LogP contribution in [0.3, 0.4) is 0 Å². The van der Waals surface area contributed by atoms with Crippen molar-refractivity contribution in [1.29, 1.82) is 0 Å². The van der Waals surface area contributed by atoms with E-state index in [0.717, 1.165) is 8.39 Å². The number of hydrogen-bond acceptors (Lipinski definition) is 3. The highest BCUT2D eigenvalue weighted by molar-refractivity contribution is 7.87. The molecule has 0 unspecified atom stereocenters. The van der Waals surface area contributed by atoms with E-state index in [2.05, 4.69) is 5.10 Å². The predicted octanol–water partition coefficient (Wildman–Crippen LogP) is -0.154. The summed E-state index contributed by atoms with van der Waals surface area (Å²) in [4.78, 5) is 0. The monoisotopic (exact) mass is 189 g/mol. The maximum absolute atomic E-state index is 11.4. The molecule has 1 heterocycles. The van der Waals surface area contributed by atoms with Crippen LogP contribution in [0.15, 0.2) is 12.3 Å². The molecule has 6 heteroatoms. The molecule has 0 aromatic carbocycles. The maximum atomic E-state index is 11.4. The van der Waals surface area contributed by atoms with E-state index in [1.165, 1.54) is 20.3 Å². The Balaban J connectivity index is 3.15. The Bertz CT molecular complexity index is 366. The molecule has 1 aromatic heterocycles. The van der Waals surface area contributed by atoms with Crippen LogP contribution in [0.5, 0.6) is 0 Å². The van der Waals surface area contributed by atoms with Crippen molar-refractivity contribution in [3.05, 3.63) is 18.0 Å². The first-order valence-electron chi connectivity index (χ1n) is 3.40. The molecule has 1 rings (SSSR count). The second kappa shape index (κ2) is 2.87. The average Bonchev–Trinajstić information content (AvgIpc) is 2.35. The Labute approximate surface area is 71.8 Å². The molecule has 0 saturated carbocycles. The summed E-state index contributed by atoms with van der Waals surface area (Å²) >= 11 is 0. The quantitative estimate of drug-likeness (QED) is 0.650. The van der Waals surface area contributed by atoms with Gasteiger partial charge in [-0.15, -0.1) is 0 Å². The van der Waals surface area contributed by atoms with Crippen LogP contribution in [-0.2, 0) is 10.2 Å². The van der Waals surface area contributed by atoms with Gasteiger partial charge in [0.2, 0.25) is 0 Å². The van der Waals surface area contributed by atoms with Gasteiger partial charge < -0.3 is 0 Å². The molecule has 68 valence electrons. The van der Waals surface area contributed by atoms with Gasteiger partial charge in [-0.25, -0.2) is 0 Å². The first kappa shape index (κ1) is 9.21. The van der Waals surface area contributed by atoms with Gasteiger partial charge in [-0.3, -0.25) is 0 Å². The molecule has 5 nitrogen and oxygen atoms in total. The third-order valence-electron chi connectivity index (χ3n) is 1.40. The third-order valence-corrected chi connectivity index (χ3v) is 3.00. The summed E-state index contributed by atoms with van der Waals surface area (Å²) in [7, 11) is -0.488. The van der Waals surface area contributed by atoms with Gasteiger partial charge in [-0.05, 0) is 13.0 Å². The lowest BCUT2D eigenvalue weighted by molar-refractivity contribution is 0.503. The van der Waals surface area contributed by atoms with E-state index in [1.54, 1.807) is 13.0 Å². The summed E-state index contributed by atoms with van der Waals surface area (Å²) in [6.07, 6.45) is 1.42. The Morgan fingerprint density at radius 2 is 2.08 bits per heavy atom. The van der Waals surface area contributed by atoms with Gasteiger partial charge in [0.15, 0.2) is 0 Å². The topological polar surface area (TPSA) is 55.2 Å². The van der Waals surface area contributed by atoms with Crippen LogP contribution in [0.25, 0.3) is 0 Å². The highest BCUT2D eigenvalue weighted by Crippen LogP contribution is 2.00. The van der Waals surface area contributed by atoms with Crippen molar-refractivity contribution in [1.82, 2.24) is 13.5 Å². The van der Waals surface area contributed by atoms with E-state index < -0.39 is 10.2 Å². The molecule has 0 N–H and O–H groups in total. The summed E-state index contributed by atoms with van der Waals surface area (Å²) in [6, 6.07) is 1.64. The second-order valence-electron chi connectivity index (χ2n) is 2.62. The zero-order chi connectivity index (χ0) is 9.35. The zero-order valence-electron chi connectivity index (χ0n) is 7.22. The van der Waals surface area contributed by atoms with Crippen LogP contribution < -0.4 is 0 Å². The molecule has 0 bridgehead atoms. The maximum Gasteiger partial charge on any atom is 0.322 e. The molecule has 0 atom stereocenters. The van der Waals surface area contributed by atoms with E-state index in [1.807, 2.05) is 0 Å². The summed E-state index contributed by atoms with van der Waals surface area (Å²) in [5, 5.41) is 3.79. The Kier molecular flexibility index (Phi) is 2.20. The lowest BCUT2D eigenvalue weighted by Crippen LogP contribution is -2.29. The van der Waals surface area contributed by atoms with Crippen molar-refractivity contribution in [2.45, 2.75) is 6.92 Å². The third kappa shape index (κ3) is 1.49. The standard InChI is InChI=1S/C6H11N3O2S/c1-6-4-5-9(7-6)12(10,11)8(2)3/h4-5H,1-3H3. The van der Waals surface area contributed by atoms with Gasteiger partial charge in [-0.2, -0.15) is 21.9 Å². The van der Waals surface area contributed by atoms with Gasteiger partial charge in [0.05, 0.1) is 5.69 Å². The van der Waals surface area contributed by atoms with Crippen LogP contribution in [0.4, 0.5) is 0 Å². The second-order valence-corrected chi connectivity index (χ2v) is 4.62. The fourth-order valence-corrected chi connectivity index (χ4v) is 1.47. The van der Waals surface area contributed by atoms with E-state index in [9.17, 15) is 8.42 Å². The van der Waals surface area contributed by atoms with Crippen molar-refractivity contribution in [3.8, 4) is 0 Å². The molecule has 0 aliphatic heterocycles. The van der Waals surface area contributed by atoms with Crippen molar-refractivity contribution >= 4 is 10.2 Å². The molecule has 0 radical (unpaired) electrons. The summed E-state index contributed by atoms with van der Waals surface area (Å²) in [5.74, 6) is 0. The van der Waals surface area contributed by atoms with E-state index in [-0.39, 0.29) is 0 Å². The molecule has 0 amide bonds. The zero-order valence-corrected chi connectivity index (χ0v) is 8.04. The Morgan fingerprint density at radius 1 is 1.50 bits per heavy atom. The summed E-state index contributed by atoms with van der Waals surface area (Å²) in [5.41, 5.74) is 0.681. The van der Waals surface area contributed by atoms with Crippen molar-refractivity contribution in [2.75, 3.05) is 14.1 Å². The van der Waals surface area contributed by atoms with Crippen molar-refractivity contribution in [2.24, 2.45) is 0 Å². The molecule has 0 fully saturated rings. The summed E-state index contributed by atoms with van der Waals surface area (Å²) < 4.78 is 24.8. The largest absolute Gasteiger partial charge is 0.322 e. The minimum atomic E-state index is -3.42. The molecule has 12 heavy (non-hydrogen) atoms. The highest BCUT2D eigenvalue weighted by Gasteiger charge is 2.15. The molecule has 0 aliphatic carbocycles. The van der Waals surface area contributed by atoms with Gasteiger partial charge in [0.25, 0.3) is 0 Å². The van der Waals surface area contributed by atoms with Crippen LogP contribution >= 0.6 is 0 Å².